The van der Waals surface area contributed by atoms with E-state index in [9.17, 15) is 0 Å². The van der Waals surface area contributed by atoms with Gasteiger partial charge in [-0.1, -0.05) is 44.6 Å². The lowest BCUT2D eigenvalue weighted by molar-refractivity contribution is 0.133. The Morgan fingerprint density at radius 3 is 1.86 bits per heavy atom. The highest BCUT2D eigenvalue weighted by atomic mass is 16.6. The van der Waals surface area contributed by atoms with Crippen LogP contribution in [-0.4, -0.2) is 6.61 Å². The van der Waals surface area contributed by atoms with Crippen LogP contribution in [0.15, 0.2) is 12.7 Å². The highest BCUT2D eigenvalue weighted by Crippen LogP contribution is 2.09. The van der Waals surface area contributed by atoms with Gasteiger partial charge in [0.2, 0.25) is 0 Å². The van der Waals surface area contributed by atoms with Crippen molar-refractivity contribution in [3.63, 3.8) is 0 Å². The molecule has 2 N–H and O–H groups in total. The van der Waals surface area contributed by atoms with Gasteiger partial charge >= 0.3 is 0 Å². The summed E-state index contributed by atoms with van der Waals surface area (Å²) in [5.41, 5.74) is 0. The van der Waals surface area contributed by atoms with E-state index in [0.717, 1.165) is 6.42 Å². The lowest BCUT2D eigenvalue weighted by Crippen LogP contribution is -2.00. The van der Waals surface area contributed by atoms with E-state index < -0.39 is 0 Å². The lowest BCUT2D eigenvalue weighted by Gasteiger charge is -2.01. The molecule has 0 aliphatic heterocycles. The van der Waals surface area contributed by atoms with Gasteiger partial charge in [0.25, 0.3) is 0 Å². The predicted octanol–water partition coefficient (Wildman–Crippen LogP) is 3.57. The summed E-state index contributed by atoms with van der Waals surface area (Å²) in [5.74, 6) is 4.93. The second-order valence-electron chi connectivity index (χ2n) is 3.78. The lowest BCUT2D eigenvalue weighted by atomic mass is 10.1. The molecule has 0 atom stereocenters. The van der Waals surface area contributed by atoms with Crippen LogP contribution in [0.3, 0.4) is 0 Å². The standard InChI is InChI=1S/C12H25NO/c1-2-3-4-5-6-7-8-9-10-11-12-14-13/h2H,1,3-13H2. The summed E-state index contributed by atoms with van der Waals surface area (Å²) in [7, 11) is 0. The Bertz CT molecular complexity index is 115. The van der Waals surface area contributed by atoms with Gasteiger partial charge in [0.05, 0.1) is 6.61 Å². The fraction of sp³-hybridized carbons (Fsp3) is 0.833. The molecule has 0 spiro atoms. The van der Waals surface area contributed by atoms with Crippen LogP contribution >= 0.6 is 0 Å². The summed E-state index contributed by atoms with van der Waals surface area (Å²) in [6.45, 7) is 4.42. The zero-order valence-corrected chi connectivity index (χ0v) is 9.34. The molecule has 0 heterocycles. The summed E-state index contributed by atoms with van der Waals surface area (Å²) in [6.07, 6.45) is 13.6. The van der Waals surface area contributed by atoms with Crippen molar-refractivity contribution in [2.45, 2.75) is 57.8 Å². The zero-order valence-electron chi connectivity index (χ0n) is 9.34. The molecule has 0 aliphatic rings. The van der Waals surface area contributed by atoms with Crippen molar-refractivity contribution < 1.29 is 4.84 Å². The second-order valence-corrected chi connectivity index (χ2v) is 3.78. The molecule has 0 saturated heterocycles. The summed E-state index contributed by atoms with van der Waals surface area (Å²) in [5, 5.41) is 0. The van der Waals surface area contributed by atoms with Crippen LogP contribution in [0.5, 0.6) is 0 Å². The maximum Gasteiger partial charge on any atom is 0.0679 e. The number of nitrogens with two attached hydrogens (primary N) is 1. The minimum absolute atomic E-state index is 0.708. The monoisotopic (exact) mass is 199 g/mol. The smallest absolute Gasteiger partial charge is 0.0679 e. The number of hydrogen-bond donors (Lipinski definition) is 1. The van der Waals surface area contributed by atoms with E-state index in [1.807, 2.05) is 6.08 Å². The summed E-state index contributed by atoms with van der Waals surface area (Å²) >= 11 is 0. The van der Waals surface area contributed by atoms with Crippen molar-refractivity contribution >= 4 is 0 Å². The molecule has 0 bridgehead atoms. The molecule has 0 amide bonds. The normalized spacial score (nSPS) is 10.4. The van der Waals surface area contributed by atoms with E-state index in [4.69, 9.17) is 5.90 Å². The maximum absolute atomic E-state index is 4.93. The van der Waals surface area contributed by atoms with Gasteiger partial charge in [0, 0.05) is 0 Å². The fourth-order valence-electron chi connectivity index (χ4n) is 1.53. The van der Waals surface area contributed by atoms with Crippen molar-refractivity contribution in [2.75, 3.05) is 6.61 Å². The third-order valence-corrected chi connectivity index (χ3v) is 2.42. The number of allylic oxidation sites excluding steroid dienone is 1. The van der Waals surface area contributed by atoms with Gasteiger partial charge in [-0.3, -0.25) is 0 Å². The van der Waals surface area contributed by atoms with Crippen LogP contribution in [0.1, 0.15) is 57.8 Å². The van der Waals surface area contributed by atoms with E-state index in [2.05, 4.69) is 11.4 Å². The van der Waals surface area contributed by atoms with E-state index in [1.165, 1.54) is 51.4 Å². The van der Waals surface area contributed by atoms with E-state index in [0.29, 0.717) is 6.61 Å². The first kappa shape index (κ1) is 13.7. The third-order valence-electron chi connectivity index (χ3n) is 2.42. The molecule has 84 valence electrons. The second kappa shape index (κ2) is 12.7. The maximum atomic E-state index is 4.93. The van der Waals surface area contributed by atoms with Gasteiger partial charge < -0.3 is 4.84 Å². The van der Waals surface area contributed by atoms with Crippen LogP contribution in [0.2, 0.25) is 0 Å². The van der Waals surface area contributed by atoms with Gasteiger partial charge in [-0.25, -0.2) is 5.90 Å². The quantitative estimate of drug-likeness (QED) is 0.313. The zero-order chi connectivity index (χ0) is 10.5. The molecular weight excluding hydrogens is 174 g/mol. The largest absolute Gasteiger partial charge is 0.305 e. The highest BCUT2D eigenvalue weighted by Gasteiger charge is 1.91. The molecule has 0 aromatic carbocycles. The van der Waals surface area contributed by atoms with Crippen LogP contribution in [0.4, 0.5) is 0 Å². The predicted molar refractivity (Wildman–Crippen MR) is 61.9 cm³/mol. The van der Waals surface area contributed by atoms with Gasteiger partial charge in [0.1, 0.15) is 0 Å². The van der Waals surface area contributed by atoms with Crippen LogP contribution in [0.25, 0.3) is 0 Å². The topological polar surface area (TPSA) is 35.2 Å². The van der Waals surface area contributed by atoms with E-state index in [1.54, 1.807) is 0 Å². The van der Waals surface area contributed by atoms with Crippen molar-refractivity contribution in [1.29, 1.82) is 0 Å². The number of rotatable bonds is 11. The Morgan fingerprint density at radius 1 is 0.857 bits per heavy atom. The first-order valence-electron chi connectivity index (χ1n) is 5.84. The average molecular weight is 199 g/mol. The fourth-order valence-corrected chi connectivity index (χ4v) is 1.53. The Hall–Kier alpha value is -0.340. The summed E-state index contributed by atoms with van der Waals surface area (Å²) in [6, 6.07) is 0. The minimum atomic E-state index is 0.708. The first-order chi connectivity index (χ1) is 6.91. The Kier molecular flexibility index (Phi) is 12.4. The van der Waals surface area contributed by atoms with Crippen molar-refractivity contribution in [1.82, 2.24) is 0 Å². The molecule has 2 nitrogen and oxygen atoms in total. The highest BCUT2D eigenvalue weighted by molar-refractivity contribution is 4.65. The molecular formula is C12H25NO. The summed E-state index contributed by atoms with van der Waals surface area (Å²) < 4.78 is 0. The summed E-state index contributed by atoms with van der Waals surface area (Å²) in [4.78, 5) is 4.50. The molecule has 0 fully saturated rings. The first-order valence-corrected chi connectivity index (χ1v) is 5.84. The van der Waals surface area contributed by atoms with E-state index >= 15 is 0 Å². The van der Waals surface area contributed by atoms with Crippen LogP contribution < -0.4 is 5.90 Å². The van der Waals surface area contributed by atoms with Gasteiger partial charge in [-0.05, 0) is 19.3 Å². The van der Waals surface area contributed by atoms with Crippen molar-refractivity contribution in [3.8, 4) is 0 Å². The van der Waals surface area contributed by atoms with E-state index in [-0.39, 0.29) is 0 Å². The molecule has 0 saturated carbocycles. The number of unbranched alkanes of at least 4 members (excludes halogenated alkanes) is 8. The van der Waals surface area contributed by atoms with Crippen LogP contribution in [-0.2, 0) is 4.84 Å². The van der Waals surface area contributed by atoms with Crippen molar-refractivity contribution in [3.05, 3.63) is 12.7 Å². The minimum Gasteiger partial charge on any atom is -0.305 e. The Morgan fingerprint density at radius 2 is 1.36 bits per heavy atom. The number of hydrogen-bond acceptors (Lipinski definition) is 2. The average Bonchev–Trinajstić information content (AvgIpc) is 2.21. The molecule has 0 radical (unpaired) electrons. The van der Waals surface area contributed by atoms with Gasteiger partial charge in [0.15, 0.2) is 0 Å². The molecule has 14 heavy (non-hydrogen) atoms. The van der Waals surface area contributed by atoms with Gasteiger partial charge in [-0.15, -0.1) is 6.58 Å². The van der Waals surface area contributed by atoms with Gasteiger partial charge in [-0.2, -0.15) is 0 Å². The molecule has 0 rings (SSSR count). The molecule has 0 unspecified atom stereocenters. The molecule has 0 aromatic rings. The van der Waals surface area contributed by atoms with Crippen molar-refractivity contribution in [2.24, 2.45) is 5.90 Å². The molecule has 0 aliphatic carbocycles. The SMILES string of the molecule is C=CCCCCCCCCCCON. The third kappa shape index (κ3) is 11.7. The Labute approximate surface area is 88.5 Å². The Balaban J connectivity index is 2.81. The van der Waals surface area contributed by atoms with Crippen LogP contribution in [0, 0.1) is 0 Å². The molecule has 2 heteroatoms. The molecule has 0 aromatic heterocycles.